The van der Waals surface area contributed by atoms with E-state index in [1.54, 1.807) is 29.2 Å². The van der Waals surface area contributed by atoms with Crippen LogP contribution in [0.3, 0.4) is 0 Å². The van der Waals surface area contributed by atoms with Crippen LogP contribution in [0.1, 0.15) is 51.5 Å². The van der Waals surface area contributed by atoms with Crippen molar-refractivity contribution in [2.24, 2.45) is 0 Å². The molecule has 0 saturated carbocycles. The van der Waals surface area contributed by atoms with Gasteiger partial charge in [-0.05, 0) is 50.0 Å². The number of hydrogen-bond acceptors (Lipinski definition) is 4. The van der Waals surface area contributed by atoms with Gasteiger partial charge in [-0.15, -0.1) is 0 Å². The first-order chi connectivity index (χ1) is 13.4. The highest BCUT2D eigenvalue weighted by atomic mass is 32.2. The van der Waals surface area contributed by atoms with Crippen molar-refractivity contribution in [2.75, 3.05) is 33.3 Å². The van der Waals surface area contributed by atoms with Gasteiger partial charge in [0.2, 0.25) is 15.9 Å². The third-order valence-electron chi connectivity index (χ3n) is 5.01. The highest BCUT2D eigenvalue weighted by molar-refractivity contribution is 7.89. The molecule has 1 aliphatic rings. The number of sulfonamides is 1. The van der Waals surface area contributed by atoms with E-state index < -0.39 is 10.0 Å². The average Bonchev–Trinajstić information content (AvgIpc) is 2.73. The molecule has 1 aliphatic heterocycles. The fourth-order valence-electron chi connectivity index (χ4n) is 3.29. The number of methoxy groups -OCH3 is 1. The lowest BCUT2D eigenvalue weighted by atomic mass is 10.2. The molecule has 6 nitrogen and oxygen atoms in total. The van der Waals surface area contributed by atoms with Gasteiger partial charge >= 0.3 is 0 Å². The molecule has 156 valence electrons. The maximum atomic E-state index is 13.1. The van der Waals surface area contributed by atoms with Crippen molar-refractivity contribution in [3.8, 4) is 5.75 Å². The summed E-state index contributed by atoms with van der Waals surface area (Å²) < 4.78 is 33.0. The van der Waals surface area contributed by atoms with Crippen molar-refractivity contribution < 1.29 is 17.9 Å². The number of carbonyl (C=O) groups excluding carboxylic acids is 1. The van der Waals surface area contributed by atoms with Gasteiger partial charge in [0.05, 0.1) is 7.11 Å². The molecule has 0 aromatic heterocycles. The number of ether oxygens (including phenoxy) is 1. The molecule has 0 N–H and O–H groups in total. The predicted molar refractivity (Wildman–Crippen MR) is 112 cm³/mol. The number of amides is 1. The van der Waals surface area contributed by atoms with Crippen LogP contribution in [-0.4, -0.2) is 56.8 Å². The molecular weight excluding hydrogens is 376 g/mol. The monoisotopic (exact) mass is 408 g/mol. The fourth-order valence-corrected chi connectivity index (χ4v) is 5.00. The molecule has 0 aliphatic carbocycles. The van der Waals surface area contributed by atoms with E-state index in [1.165, 1.54) is 17.5 Å². The molecule has 1 amide bonds. The summed E-state index contributed by atoms with van der Waals surface area (Å²) in [6, 6.07) is 5.00. The summed E-state index contributed by atoms with van der Waals surface area (Å²) in [5.74, 6) is 0.263. The Hall–Kier alpha value is -1.86. The third-order valence-corrected chi connectivity index (χ3v) is 6.93. The van der Waals surface area contributed by atoms with E-state index in [0.29, 0.717) is 30.9 Å². The van der Waals surface area contributed by atoms with Crippen LogP contribution in [0.2, 0.25) is 0 Å². The number of hydrogen-bond donors (Lipinski definition) is 0. The summed E-state index contributed by atoms with van der Waals surface area (Å²) in [5, 5.41) is 0. The quantitative estimate of drug-likeness (QED) is 0.586. The molecule has 1 fully saturated rings. The molecule has 1 aromatic carbocycles. The molecule has 7 heteroatoms. The Bertz CT molecular complexity index is 784. The zero-order chi connectivity index (χ0) is 20.6. The van der Waals surface area contributed by atoms with Gasteiger partial charge in [0.25, 0.3) is 0 Å². The summed E-state index contributed by atoms with van der Waals surface area (Å²) in [6.07, 6.45) is 7.99. The Morgan fingerprint density at radius 1 is 1.21 bits per heavy atom. The second kappa shape index (κ2) is 10.6. The lowest BCUT2D eigenvalue weighted by Crippen LogP contribution is -2.35. The van der Waals surface area contributed by atoms with Gasteiger partial charge in [0.15, 0.2) is 0 Å². The molecule has 2 rings (SSSR count). The smallest absolute Gasteiger partial charge is 0.246 e. The van der Waals surface area contributed by atoms with Gasteiger partial charge in [-0.2, -0.15) is 4.31 Å². The van der Waals surface area contributed by atoms with Gasteiger partial charge < -0.3 is 9.64 Å². The Kier molecular flexibility index (Phi) is 8.51. The largest absolute Gasteiger partial charge is 0.495 e. The number of likely N-dealkylation sites (N-methyl/N-ethyl adjacent to an activating group) is 1. The van der Waals surface area contributed by atoms with Gasteiger partial charge in [-0.3, -0.25) is 4.79 Å². The highest BCUT2D eigenvalue weighted by Crippen LogP contribution is 2.30. The third kappa shape index (κ3) is 5.58. The summed E-state index contributed by atoms with van der Waals surface area (Å²) in [5.41, 5.74) is 0.663. The minimum Gasteiger partial charge on any atom is -0.495 e. The van der Waals surface area contributed by atoms with Crippen molar-refractivity contribution in [2.45, 2.75) is 50.8 Å². The summed E-state index contributed by atoms with van der Waals surface area (Å²) >= 11 is 0. The zero-order valence-electron chi connectivity index (χ0n) is 17.2. The first-order valence-corrected chi connectivity index (χ1v) is 11.5. The maximum absolute atomic E-state index is 13.1. The van der Waals surface area contributed by atoms with Gasteiger partial charge in [0, 0.05) is 32.3 Å². The van der Waals surface area contributed by atoms with E-state index in [4.69, 9.17) is 4.74 Å². The molecule has 1 aromatic rings. The number of piperidine rings is 1. The molecule has 0 spiro atoms. The van der Waals surface area contributed by atoms with E-state index in [1.807, 2.05) is 6.92 Å². The van der Waals surface area contributed by atoms with E-state index in [2.05, 4.69) is 6.92 Å². The van der Waals surface area contributed by atoms with Crippen molar-refractivity contribution in [1.29, 1.82) is 0 Å². The molecule has 28 heavy (non-hydrogen) atoms. The number of carbonyl (C=O) groups is 1. The maximum Gasteiger partial charge on any atom is 0.246 e. The Balaban J connectivity index is 2.25. The normalized spacial score (nSPS) is 15.7. The molecule has 0 radical (unpaired) electrons. The molecule has 1 saturated heterocycles. The first-order valence-electron chi connectivity index (χ1n) is 10.1. The van der Waals surface area contributed by atoms with E-state index >= 15 is 0 Å². The van der Waals surface area contributed by atoms with Crippen molar-refractivity contribution in [3.63, 3.8) is 0 Å². The van der Waals surface area contributed by atoms with Gasteiger partial charge in [-0.1, -0.05) is 25.8 Å². The summed E-state index contributed by atoms with van der Waals surface area (Å²) in [4.78, 5) is 14.3. The summed E-state index contributed by atoms with van der Waals surface area (Å²) in [7, 11) is -2.15. The number of unbranched alkanes of at least 4 members (excludes halogenated alkanes) is 1. The van der Waals surface area contributed by atoms with Crippen LogP contribution in [0.15, 0.2) is 29.2 Å². The highest BCUT2D eigenvalue weighted by Gasteiger charge is 2.29. The van der Waals surface area contributed by atoms with Crippen LogP contribution < -0.4 is 4.74 Å². The van der Waals surface area contributed by atoms with Crippen LogP contribution in [0, 0.1) is 0 Å². The summed E-state index contributed by atoms with van der Waals surface area (Å²) in [6.45, 7) is 6.50. The molecule has 1 heterocycles. The molecule has 0 bridgehead atoms. The van der Waals surface area contributed by atoms with Crippen molar-refractivity contribution in [1.82, 2.24) is 9.21 Å². The first kappa shape index (κ1) is 22.4. The van der Waals surface area contributed by atoms with Crippen LogP contribution in [0.5, 0.6) is 5.75 Å². The van der Waals surface area contributed by atoms with Crippen LogP contribution in [-0.2, 0) is 14.8 Å². The molecule has 0 atom stereocenters. The molecule has 0 unspecified atom stereocenters. The van der Waals surface area contributed by atoms with Gasteiger partial charge in [0.1, 0.15) is 10.6 Å². The minimum atomic E-state index is -3.62. The van der Waals surface area contributed by atoms with Crippen molar-refractivity contribution >= 4 is 22.0 Å². The van der Waals surface area contributed by atoms with Gasteiger partial charge in [-0.25, -0.2) is 8.42 Å². The van der Waals surface area contributed by atoms with E-state index in [-0.39, 0.29) is 10.8 Å². The predicted octanol–water partition coefficient (Wildman–Crippen LogP) is 3.53. The van der Waals surface area contributed by atoms with E-state index in [9.17, 15) is 13.2 Å². The minimum absolute atomic E-state index is 0.0628. The van der Waals surface area contributed by atoms with Crippen LogP contribution in [0.25, 0.3) is 6.08 Å². The van der Waals surface area contributed by atoms with Crippen molar-refractivity contribution in [3.05, 3.63) is 29.8 Å². The Morgan fingerprint density at radius 3 is 2.54 bits per heavy atom. The number of rotatable bonds is 9. The number of nitrogens with zero attached hydrogens (tertiary/aromatic N) is 2. The standard InChI is InChI=1S/C21H32N2O4S/c1-4-6-14-22(5-2)21(24)13-11-18-10-12-19(27-3)20(17-18)28(25,26)23-15-8-7-9-16-23/h10-13,17H,4-9,14-16H2,1-3H3/b13-11+. The SMILES string of the molecule is CCCCN(CC)C(=O)/C=C/c1ccc(OC)c(S(=O)(=O)N2CCCCC2)c1. The van der Waals surface area contributed by atoms with E-state index in [0.717, 1.165) is 38.6 Å². The Labute approximate surface area is 169 Å². The Morgan fingerprint density at radius 2 is 1.93 bits per heavy atom. The molecular formula is C21H32N2O4S. The lowest BCUT2D eigenvalue weighted by Gasteiger charge is -2.26. The second-order valence-corrected chi connectivity index (χ2v) is 8.89. The van der Waals surface area contributed by atoms with Crippen LogP contribution in [0.4, 0.5) is 0 Å². The zero-order valence-corrected chi connectivity index (χ0v) is 18.0. The second-order valence-electron chi connectivity index (χ2n) is 6.98. The number of benzene rings is 1. The average molecular weight is 409 g/mol. The van der Waals surface area contributed by atoms with Crippen LogP contribution >= 0.6 is 0 Å². The topological polar surface area (TPSA) is 66.9 Å². The lowest BCUT2D eigenvalue weighted by molar-refractivity contribution is -0.125. The fraction of sp³-hybridized carbons (Fsp3) is 0.571.